The fourth-order valence-electron chi connectivity index (χ4n) is 2.66. The third-order valence-electron chi connectivity index (χ3n) is 3.60. The van der Waals surface area contributed by atoms with Crippen molar-refractivity contribution in [2.24, 2.45) is 0 Å². The second-order valence-corrected chi connectivity index (χ2v) is 5.52. The Morgan fingerprint density at radius 2 is 2.14 bits per heavy atom. The summed E-state index contributed by atoms with van der Waals surface area (Å²) in [5, 5.41) is 9.54. The van der Waals surface area contributed by atoms with E-state index < -0.39 is 0 Å². The summed E-state index contributed by atoms with van der Waals surface area (Å²) in [4.78, 5) is 0. The summed E-state index contributed by atoms with van der Waals surface area (Å²) in [6.45, 7) is 4.91. The topological polar surface area (TPSA) is 43.0 Å². The molecule has 4 nitrogen and oxygen atoms in total. The maximum absolute atomic E-state index is 6.04. The van der Waals surface area contributed by atoms with E-state index in [4.69, 9.17) is 16.0 Å². The number of aromatic nitrogens is 2. The summed E-state index contributed by atoms with van der Waals surface area (Å²) in [7, 11) is 1.92. The van der Waals surface area contributed by atoms with E-state index >= 15 is 0 Å². The van der Waals surface area contributed by atoms with Crippen molar-refractivity contribution in [1.82, 2.24) is 15.1 Å². The average Bonchev–Trinajstić information content (AvgIpc) is 3.03. The van der Waals surface area contributed by atoms with Gasteiger partial charge in [0.05, 0.1) is 11.4 Å². The highest BCUT2D eigenvalue weighted by atomic mass is 35.5. The van der Waals surface area contributed by atoms with Crippen LogP contribution in [0, 0.1) is 6.92 Å². The van der Waals surface area contributed by atoms with Crippen molar-refractivity contribution in [2.45, 2.75) is 26.4 Å². The lowest BCUT2D eigenvalue weighted by Gasteiger charge is -2.14. The molecule has 3 rings (SSSR count). The van der Waals surface area contributed by atoms with E-state index in [1.54, 1.807) is 0 Å². The predicted molar refractivity (Wildman–Crippen MR) is 84.8 cm³/mol. The van der Waals surface area contributed by atoms with Crippen molar-refractivity contribution in [2.75, 3.05) is 7.05 Å². The summed E-state index contributed by atoms with van der Waals surface area (Å²) in [5.74, 6) is 0.865. The van der Waals surface area contributed by atoms with Crippen LogP contribution < -0.4 is 5.32 Å². The molecule has 0 bridgehead atoms. The van der Waals surface area contributed by atoms with Gasteiger partial charge in [-0.3, -0.25) is 4.68 Å². The number of aryl methyl sites for hydroxylation is 2. The van der Waals surface area contributed by atoms with E-state index in [0.717, 1.165) is 34.7 Å². The van der Waals surface area contributed by atoms with Gasteiger partial charge in [-0.2, -0.15) is 5.10 Å². The molecule has 0 aliphatic rings. The van der Waals surface area contributed by atoms with Crippen LogP contribution in [-0.4, -0.2) is 16.8 Å². The zero-order valence-electron chi connectivity index (χ0n) is 12.4. The predicted octanol–water partition coefficient (Wildman–Crippen LogP) is 3.92. The Hall–Kier alpha value is -1.78. The van der Waals surface area contributed by atoms with Crippen molar-refractivity contribution < 1.29 is 4.42 Å². The fraction of sp³-hybridized carbons (Fsp3) is 0.312. The monoisotopic (exact) mass is 303 g/mol. The number of benzene rings is 1. The van der Waals surface area contributed by atoms with Crippen LogP contribution in [0.4, 0.5) is 0 Å². The van der Waals surface area contributed by atoms with Crippen molar-refractivity contribution in [3.63, 3.8) is 0 Å². The van der Waals surface area contributed by atoms with Crippen molar-refractivity contribution in [3.8, 4) is 0 Å². The molecule has 0 spiro atoms. The third kappa shape index (κ3) is 2.57. The molecule has 0 amide bonds. The molecule has 1 aromatic carbocycles. The van der Waals surface area contributed by atoms with Gasteiger partial charge in [0.15, 0.2) is 0 Å². The highest BCUT2D eigenvalue weighted by molar-refractivity contribution is 6.31. The quantitative estimate of drug-likeness (QED) is 0.794. The van der Waals surface area contributed by atoms with Crippen LogP contribution in [0.25, 0.3) is 11.0 Å². The smallest absolute Gasteiger partial charge is 0.134 e. The maximum atomic E-state index is 6.04. The second-order valence-electron chi connectivity index (χ2n) is 5.08. The summed E-state index contributed by atoms with van der Waals surface area (Å²) in [5.41, 5.74) is 2.95. The first-order valence-corrected chi connectivity index (χ1v) is 7.40. The number of hydrogen-bond donors (Lipinski definition) is 1. The number of rotatable bonds is 4. The second kappa shape index (κ2) is 5.54. The number of nitrogens with one attached hydrogen (secondary N) is 1. The Balaban J connectivity index is 2.08. The van der Waals surface area contributed by atoms with Crippen LogP contribution in [0.2, 0.25) is 5.02 Å². The van der Waals surface area contributed by atoms with Crippen LogP contribution in [0.5, 0.6) is 0 Å². The first-order valence-electron chi connectivity index (χ1n) is 7.03. The highest BCUT2D eigenvalue weighted by Crippen LogP contribution is 2.30. The zero-order valence-corrected chi connectivity index (χ0v) is 13.1. The van der Waals surface area contributed by atoms with Gasteiger partial charge in [0.25, 0.3) is 0 Å². The fourth-order valence-corrected chi connectivity index (χ4v) is 2.84. The molecule has 1 unspecified atom stereocenters. The molecule has 1 atom stereocenters. The van der Waals surface area contributed by atoms with E-state index in [1.807, 2.05) is 42.9 Å². The minimum atomic E-state index is -0.0303. The number of furan rings is 1. The molecule has 3 aromatic rings. The van der Waals surface area contributed by atoms with Crippen molar-refractivity contribution in [3.05, 3.63) is 52.5 Å². The van der Waals surface area contributed by atoms with E-state index in [9.17, 15) is 0 Å². The minimum Gasteiger partial charge on any atom is -0.459 e. The number of hydrogen-bond acceptors (Lipinski definition) is 3. The lowest BCUT2D eigenvalue weighted by molar-refractivity contribution is 0.465. The van der Waals surface area contributed by atoms with Crippen LogP contribution in [0.1, 0.15) is 30.1 Å². The molecule has 0 radical (unpaired) electrons. The Bertz CT molecular complexity index is 775. The lowest BCUT2D eigenvalue weighted by atomic mass is 10.1. The molecule has 0 aliphatic carbocycles. The summed E-state index contributed by atoms with van der Waals surface area (Å²) >= 11 is 6.04. The molecule has 2 heterocycles. The van der Waals surface area contributed by atoms with Gasteiger partial charge < -0.3 is 9.73 Å². The molecule has 0 aliphatic heterocycles. The van der Waals surface area contributed by atoms with Gasteiger partial charge in [0, 0.05) is 17.0 Å². The van der Waals surface area contributed by atoms with Gasteiger partial charge in [0.1, 0.15) is 17.4 Å². The number of fused-ring (bicyclic) bond motifs is 1. The number of nitrogens with zero attached hydrogens (tertiary/aromatic N) is 2. The molecular weight excluding hydrogens is 286 g/mol. The maximum Gasteiger partial charge on any atom is 0.134 e. The van der Waals surface area contributed by atoms with E-state index in [1.165, 1.54) is 0 Å². The summed E-state index contributed by atoms with van der Waals surface area (Å²) < 4.78 is 7.97. The van der Waals surface area contributed by atoms with Crippen LogP contribution >= 0.6 is 11.6 Å². The minimum absolute atomic E-state index is 0.0303. The number of halogens is 1. The van der Waals surface area contributed by atoms with Gasteiger partial charge in [-0.25, -0.2) is 0 Å². The lowest BCUT2D eigenvalue weighted by Crippen LogP contribution is -2.20. The summed E-state index contributed by atoms with van der Waals surface area (Å²) in [6, 6.07) is 9.74. The third-order valence-corrected chi connectivity index (χ3v) is 3.83. The van der Waals surface area contributed by atoms with E-state index in [2.05, 4.69) is 23.4 Å². The standard InChI is InChI=1S/C16H18ClN3O/c1-4-20-13(7-10(2)19-20)16(18-3)15-9-11-8-12(17)5-6-14(11)21-15/h5-9,16,18H,4H2,1-3H3. The van der Waals surface area contributed by atoms with Gasteiger partial charge in [-0.05, 0) is 51.2 Å². The SMILES string of the molecule is CCn1nc(C)cc1C(NC)c1cc2cc(Cl)ccc2o1. The van der Waals surface area contributed by atoms with Gasteiger partial charge >= 0.3 is 0 Å². The first kappa shape index (κ1) is 14.2. The van der Waals surface area contributed by atoms with Crippen LogP contribution in [0.15, 0.2) is 34.7 Å². The molecule has 110 valence electrons. The Morgan fingerprint density at radius 1 is 1.33 bits per heavy atom. The van der Waals surface area contributed by atoms with Gasteiger partial charge in [-0.1, -0.05) is 11.6 Å². The molecule has 5 heteroatoms. The summed E-state index contributed by atoms with van der Waals surface area (Å²) in [6.07, 6.45) is 0. The normalized spacial score (nSPS) is 13.0. The largest absolute Gasteiger partial charge is 0.459 e. The first-order chi connectivity index (χ1) is 10.1. The van der Waals surface area contributed by atoms with Crippen LogP contribution in [-0.2, 0) is 6.54 Å². The molecule has 2 aromatic heterocycles. The van der Waals surface area contributed by atoms with Crippen molar-refractivity contribution in [1.29, 1.82) is 0 Å². The van der Waals surface area contributed by atoms with Crippen LogP contribution in [0.3, 0.4) is 0 Å². The Kier molecular flexibility index (Phi) is 3.74. The van der Waals surface area contributed by atoms with E-state index in [-0.39, 0.29) is 6.04 Å². The highest BCUT2D eigenvalue weighted by Gasteiger charge is 2.21. The van der Waals surface area contributed by atoms with Gasteiger partial charge in [0.2, 0.25) is 0 Å². The average molecular weight is 304 g/mol. The molecule has 0 saturated carbocycles. The van der Waals surface area contributed by atoms with E-state index in [0.29, 0.717) is 5.02 Å². The molecule has 21 heavy (non-hydrogen) atoms. The molecule has 1 N–H and O–H groups in total. The molecular formula is C16H18ClN3O. The molecule has 0 saturated heterocycles. The van der Waals surface area contributed by atoms with Crippen molar-refractivity contribution >= 4 is 22.6 Å². The van der Waals surface area contributed by atoms with Gasteiger partial charge in [-0.15, -0.1) is 0 Å². The Labute approximate surface area is 128 Å². The molecule has 0 fully saturated rings. The Morgan fingerprint density at radius 3 is 2.86 bits per heavy atom. The zero-order chi connectivity index (χ0) is 15.0.